The molecule has 0 aliphatic heterocycles. The average molecular weight is 255 g/mol. The van der Waals surface area contributed by atoms with Crippen molar-refractivity contribution in [3.8, 4) is 0 Å². The molecule has 1 N–H and O–H groups in total. The fourth-order valence-electron chi connectivity index (χ4n) is 1.51. The molecule has 1 heterocycles. The van der Waals surface area contributed by atoms with Crippen LogP contribution in [0.3, 0.4) is 0 Å². The van der Waals surface area contributed by atoms with Gasteiger partial charge in [-0.2, -0.15) is 4.98 Å². The number of aromatic nitrogens is 2. The monoisotopic (exact) mass is 255 g/mol. The van der Waals surface area contributed by atoms with Crippen LogP contribution in [0.25, 0.3) is 0 Å². The van der Waals surface area contributed by atoms with Gasteiger partial charge in [-0.25, -0.2) is 0 Å². The molecule has 100 valence electrons. The second-order valence-corrected chi connectivity index (χ2v) is 4.23. The predicted molar refractivity (Wildman–Crippen MR) is 62.1 cm³/mol. The summed E-state index contributed by atoms with van der Waals surface area (Å²) in [6, 6.07) is -0.0508. The van der Waals surface area contributed by atoms with Gasteiger partial charge in [0.1, 0.15) is 0 Å². The summed E-state index contributed by atoms with van der Waals surface area (Å²) in [5.41, 5.74) is 0. The molecule has 1 rings (SSSR count). The first kappa shape index (κ1) is 14.1. The Morgan fingerprint density at radius 1 is 1.44 bits per heavy atom. The zero-order valence-corrected chi connectivity index (χ0v) is 10.7. The van der Waals surface area contributed by atoms with Crippen LogP contribution in [0, 0.1) is 6.92 Å². The third-order valence-electron chi connectivity index (χ3n) is 2.39. The standard InChI is InChI=1S/C11H17N3O4/c1-7(2)14(6-4-5-9(15)16)11(17)10-12-8(3)18-13-10/h7H,4-6H2,1-3H3,(H,15,16). The number of hydrogen-bond donors (Lipinski definition) is 1. The molecule has 1 aromatic heterocycles. The Morgan fingerprint density at radius 3 is 2.56 bits per heavy atom. The van der Waals surface area contributed by atoms with E-state index in [9.17, 15) is 9.59 Å². The number of carboxylic acid groups (broad SMARTS) is 1. The van der Waals surface area contributed by atoms with Crippen molar-refractivity contribution < 1.29 is 19.2 Å². The molecule has 7 nitrogen and oxygen atoms in total. The average Bonchev–Trinajstić information content (AvgIpc) is 2.69. The first-order chi connectivity index (χ1) is 8.41. The van der Waals surface area contributed by atoms with E-state index in [2.05, 4.69) is 10.1 Å². The highest BCUT2D eigenvalue weighted by atomic mass is 16.5. The summed E-state index contributed by atoms with van der Waals surface area (Å²) < 4.78 is 4.76. The highest BCUT2D eigenvalue weighted by Crippen LogP contribution is 2.08. The van der Waals surface area contributed by atoms with Crippen molar-refractivity contribution in [2.24, 2.45) is 0 Å². The summed E-state index contributed by atoms with van der Waals surface area (Å²) in [4.78, 5) is 27.9. The van der Waals surface area contributed by atoms with Gasteiger partial charge in [-0.15, -0.1) is 0 Å². The van der Waals surface area contributed by atoms with Crippen molar-refractivity contribution in [3.63, 3.8) is 0 Å². The lowest BCUT2D eigenvalue weighted by Crippen LogP contribution is -2.38. The van der Waals surface area contributed by atoms with Gasteiger partial charge in [-0.05, 0) is 20.3 Å². The lowest BCUT2D eigenvalue weighted by molar-refractivity contribution is -0.137. The molecule has 0 aliphatic carbocycles. The molecule has 1 aromatic rings. The van der Waals surface area contributed by atoms with Crippen LogP contribution in [0.2, 0.25) is 0 Å². The van der Waals surface area contributed by atoms with Gasteiger partial charge >= 0.3 is 5.97 Å². The van der Waals surface area contributed by atoms with Gasteiger partial charge in [0.15, 0.2) is 0 Å². The van der Waals surface area contributed by atoms with Crippen LogP contribution < -0.4 is 0 Å². The van der Waals surface area contributed by atoms with Crippen molar-refractivity contribution in [2.45, 2.75) is 39.7 Å². The van der Waals surface area contributed by atoms with Gasteiger partial charge in [-0.1, -0.05) is 5.16 Å². The highest BCUT2D eigenvalue weighted by Gasteiger charge is 2.23. The van der Waals surface area contributed by atoms with E-state index >= 15 is 0 Å². The second-order valence-electron chi connectivity index (χ2n) is 4.23. The van der Waals surface area contributed by atoms with Gasteiger partial charge in [-0.3, -0.25) is 9.59 Å². The van der Waals surface area contributed by atoms with Crippen molar-refractivity contribution in [3.05, 3.63) is 11.7 Å². The van der Waals surface area contributed by atoms with Gasteiger partial charge in [0, 0.05) is 25.9 Å². The summed E-state index contributed by atoms with van der Waals surface area (Å²) in [5, 5.41) is 12.1. The summed E-state index contributed by atoms with van der Waals surface area (Å²) in [6.07, 6.45) is 0.428. The van der Waals surface area contributed by atoms with Gasteiger partial charge in [0.25, 0.3) is 11.7 Å². The summed E-state index contributed by atoms with van der Waals surface area (Å²) >= 11 is 0. The minimum Gasteiger partial charge on any atom is -0.481 e. The number of aliphatic carboxylic acids is 1. The highest BCUT2D eigenvalue weighted by molar-refractivity contribution is 5.90. The van der Waals surface area contributed by atoms with Crippen LogP contribution in [0.1, 0.15) is 43.2 Å². The largest absolute Gasteiger partial charge is 0.481 e. The van der Waals surface area contributed by atoms with Crippen LogP contribution in [0.15, 0.2) is 4.52 Å². The number of aryl methyl sites for hydroxylation is 1. The molecule has 7 heteroatoms. The van der Waals surface area contributed by atoms with E-state index in [1.54, 1.807) is 6.92 Å². The van der Waals surface area contributed by atoms with Crippen molar-refractivity contribution >= 4 is 11.9 Å². The first-order valence-electron chi connectivity index (χ1n) is 5.75. The Balaban J connectivity index is 2.67. The lowest BCUT2D eigenvalue weighted by atomic mass is 10.2. The summed E-state index contributed by atoms with van der Waals surface area (Å²) in [7, 11) is 0. The van der Waals surface area contributed by atoms with E-state index in [1.165, 1.54) is 4.90 Å². The molecule has 0 radical (unpaired) electrons. The van der Waals surface area contributed by atoms with Crippen LogP contribution in [-0.4, -0.2) is 44.6 Å². The number of nitrogens with zero attached hydrogens (tertiary/aromatic N) is 3. The predicted octanol–water partition coefficient (Wildman–Crippen LogP) is 1.09. The molecule has 0 saturated heterocycles. The first-order valence-corrected chi connectivity index (χ1v) is 5.75. The topological polar surface area (TPSA) is 96.5 Å². The maximum Gasteiger partial charge on any atom is 0.303 e. The quantitative estimate of drug-likeness (QED) is 0.817. The molecule has 0 atom stereocenters. The Kier molecular flexibility index (Phi) is 4.82. The van der Waals surface area contributed by atoms with Crippen molar-refractivity contribution in [1.82, 2.24) is 15.0 Å². The van der Waals surface area contributed by atoms with E-state index in [4.69, 9.17) is 9.63 Å². The van der Waals surface area contributed by atoms with Crippen LogP contribution >= 0.6 is 0 Å². The molecule has 0 fully saturated rings. The molecule has 0 saturated carbocycles. The maximum atomic E-state index is 12.1. The van der Waals surface area contributed by atoms with E-state index < -0.39 is 5.97 Å². The molecule has 0 aromatic carbocycles. The number of hydrogen-bond acceptors (Lipinski definition) is 5. The fraction of sp³-hybridized carbons (Fsp3) is 0.636. The third kappa shape index (κ3) is 3.83. The molecule has 0 bridgehead atoms. The maximum absolute atomic E-state index is 12.1. The second kappa shape index (κ2) is 6.13. The zero-order chi connectivity index (χ0) is 13.7. The SMILES string of the molecule is Cc1nc(C(=O)N(CCCC(=O)O)C(C)C)no1. The Hall–Kier alpha value is -1.92. The van der Waals surface area contributed by atoms with E-state index in [-0.39, 0.29) is 24.2 Å². The Bertz CT molecular complexity index is 428. The number of amides is 1. The normalized spacial score (nSPS) is 10.7. The third-order valence-corrected chi connectivity index (χ3v) is 2.39. The summed E-state index contributed by atoms with van der Waals surface area (Å²) in [5.74, 6) is -0.877. The van der Waals surface area contributed by atoms with Gasteiger partial charge in [0.05, 0.1) is 0 Å². The smallest absolute Gasteiger partial charge is 0.303 e. The van der Waals surface area contributed by atoms with Crippen LogP contribution in [-0.2, 0) is 4.79 Å². The molecule has 18 heavy (non-hydrogen) atoms. The minimum absolute atomic E-state index is 0.0107. The number of carbonyl (C=O) groups excluding carboxylic acids is 1. The van der Waals surface area contributed by atoms with Crippen LogP contribution in [0.5, 0.6) is 0 Å². The van der Waals surface area contributed by atoms with E-state index in [1.807, 2.05) is 13.8 Å². The Morgan fingerprint density at radius 2 is 2.11 bits per heavy atom. The number of carboxylic acids is 1. The lowest BCUT2D eigenvalue weighted by Gasteiger charge is -2.25. The van der Waals surface area contributed by atoms with Crippen molar-refractivity contribution in [2.75, 3.05) is 6.54 Å². The summed E-state index contributed by atoms with van der Waals surface area (Å²) in [6.45, 7) is 5.67. The minimum atomic E-state index is -0.874. The molecule has 0 aliphatic rings. The van der Waals surface area contributed by atoms with Gasteiger partial charge in [0.2, 0.25) is 5.89 Å². The zero-order valence-electron chi connectivity index (χ0n) is 10.7. The molecule has 1 amide bonds. The van der Waals surface area contributed by atoms with E-state index in [0.29, 0.717) is 18.9 Å². The molecule has 0 unspecified atom stereocenters. The number of rotatable bonds is 6. The van der Waals surface area contributed by atoms with Gasteiger partial charge < -0.3 is 14.5 Å². The van der Waals surface area contributed by atoms with E-state index in [0.717, 1.165) is 0 Å². The molecule has 0 spiro atoms. The van der Waals surface area contributed by atoms with Crippen LogP contribution in [0.4, 0.5) is 0 Å². The fourth-order valence-corrected chi connectivity index (χ4v) is 1.51. The Labute approximate surface area is 105 Å². The molecular formula is C11H17N3O4. The number of carbonyl (C=O) groups is 2. The van der Waals surface area contributed by atoms with Crippen molar-refractivity contribution in [1.29, 1.82) is 0 Å². The molecular weight excluding hydrogens is 238 g/mol.